The average Bonchev–Trinajstić information content (AvgIpc) is 2.62. The van der Waals surface area contributed by atoms with Crippen molar-refractivity contribution in [2.75, 3.05) is 20.1 Å². The summed E-state index contributed by atoms with van der Waals surface area (Å²) in [5.74, 6) is 0.775. The van der Waals surface area contributed by atoms with Crippen LogP contribution in [0.15, 0.2) is 30.3 Å². The van der Waals surface area contributed by atoms with Crippen molar-refractivity contribution in [2.45, 2.75) is 57.7 Å². The van der Waals surface area contributed by atoms with Crippen molar-refractivity contribution in [1.82, 2.24) is 15.1 Å². The number of amides is 2. The van der Waals surface area contributed by atoms with Crippen molar-refractivity contribution in [3.8, 4) is 0 Å². The zero-order valence-corrected chi connectivity index (χ0v) is 16.0. The number of Topliss-reactive ketones (excluding diaryl/α,β-unsaturated/α-hetero) is 1. The van der Waals surface area contributed by atoms with E-state index in [1.165, 1.54) is 0 Å². The molecule has 1 heterocycles. The summed E-state index contributed by atoms with van der Waals surface area (Å²) in [7, 11) is 1.84. The van der Waals surface area contributed by atoms with Crippen LogP contribution in [-0.4, -0.2) is 53.8 Å². The topological polar surface area (TPSA) is 52.7 Å². The molecule has 1 saturated heterocycles. The summed E-state index contributed by atoms with van der Waals surface area (Å²) >= 11 is 0. The Balaban J connectivity index is 1.59. The van der Waals surface area contributed by atoms with E-state index in [9.17, 15) is 9.59 Å². The van der Waals surface area contributed by atoms with Gasteiger partial charge in [0.05, 0.1) is 0 Å². The number of urea groups is 1. The van der Waals surface area contributed by atoms with Crippen LogP contribution in [0.3, 0.4) is 0 Å². The molecule has 1 aromatic rings. The molecule has 5 nitrogen and oxygen atoms in total. The first-order valence-corrected chi connectivity index (χ1v) is 9.88. The molecule has 2 aliphatic rings. The van der Waals surface area contributed by atoms with Gasteiger partial charge in [-0.05, 0) is 37.3 Å². The van der Waals surface area contributed by atoms with Gasteiger partial charge in [-0.1, -0.05) is 37.3 Å². The number of hydrogen-bond donors (Lipinski definition) is 1. The molecule has 1 aliphatic heterocycles. The minimum absolute atomic E-state index is 0.0316. The van der Waals surface area contributed by atoms with Crippen LogP contribution in [0.1, 0.15) is 44.6 Å². The molecule has 1 aromatic carbocycles. The SMILES string of the molecule is CCCN1C[C@@H](NC(=O)N(C)Cc2ccccc2)C[C@@H]2CC(=O)CC[C@H]21. The van der Waals surface area contributed by atoms with Crippen LogP contribution in [0.4, 0.5) is 4.79 Å². The number of ketones is 1. The van der Waals surface area contributed by atoms with Gasteiger partial charge < -0.3 is 10.2 Å². The van der Waals surface area contributed by atoms with Gasteiger partial charge in [0.2, 0.25) is 0 Å². The van der Waals surface area contributed by atoms with Crippen LogP contribution in [0.2, 0.25) is 0 Å². The first-order chi connectivity index (χ1) is 12.6. The van der Waals surface area contributed by atoms with Gasteiger partial charge in [-0.25, -0.2) is 4.79 Å². The maximum atomic E-state index is 12.6. The second-order valence-corrected chi connectivity index (χ2v) is 7.83. The van der Waals surface area contributed by atoms with Gasteiger partial charge in [0, 0.05) is 45.1 Å². The third-order valence-corrected chi connectivity index (χ3v) is 5.71. The molecule has 26 heavy (non-hydrogen) atoms. The number of hydrogen-bond acceptors (Lipinski definition) is 3. The fourth-order valence-electron chi connectivity index (χ4n) is 4.52. The summed E-state index contributed by atoms with van der Waals surface area (Å²) in [5.41, 5.74) is 1.12. The number of nitrogens with zero attached hydrogens (tertiary/aromatic N) is 2. The van der Waals surface area contributed by atoms with E-state index in [-0.39, 0.29) is 12.1 Å². The van der Waals surface area contributed by atoms with E-state index in [4.69, 9.17) is 0 Å². The fourth-order valence-corrected chi connectivity index (χ4v) is 4.52. The zero-order chi connectivity index (χ0) is 18.5. The van der Waals surface area contributed by atoms with Crippen LogP contribution >= 0.6 is 0 Å². The van der Waals surface area contributed by atoms with Gasteiger partial charge in [0.25, 0.3) is 0 Å². The van der Waals surface area contributed by atoms with E-state index in [0.717, 1.165) is 44.3 Å². The second-order valence-electron chi connectivity index (χ2n) is 7.83. The lowest BCUT2D eigenvalue weighted by Gasteiger charge is -2.47. The van der Waals surface area contributed by atoms with Crippen molar-refractivity contribution < 1.29 is 9.59 Å². The number of carbonyl (C=O) groups excluding carboxylic acids is 2. The normalized spacial score (nSPS) is 26.2. The Hall–Kier alpha value is -1.88. The van der Waals surface area contributed by atoms with Gasteiger partial charge in [-0.2, -0.15) is 0 Å². The number of fused-ring (bicyclic) bond motifs is 1. The summed E-state index contributed by atoms with van der Waals surface area (Å²) in [6, 6.07) is 10.6. The molecule has 0 spiro atoms. The monoisotopic (exact) mass is 357 g/mol. The predicted octanol–water partition coefficient (Wildman–Crippen LogP) is 3.05. The Morgan fingerprint density at radius 3 is 2.81 bits per heavy atom. The van der Waals surface area contributed by atoms with Crippen LogP contribution < -0.4 is 5.32 Å². The Morgan fingerprint density at radius 1 is 1.31 bits per heavy atom. The summed E-state index contributed by atoms with van der Waals surface area (Å²) in [6.07, 6.45) is 4.40. The lowest BCUT2D eigenvalue weighted by molar-refractivity contribution is -0.124. The highest BCUT2D eigenvalue weighted by Crippen LogP contribution is 2.34. The van der Waals surface area contributed by atoms with Gasteiger partial charge in [0.1, 0.15) is 5.78 Å². The van der Waals surface area contributed by atoms with Crippen molar-refractivity contribution >= 4 is 11.8 Å². The smallest absolute Gasteiger partial charge is 0.317 e. The van der Waals surface area contributed by atoms with Crippen molar-refractivity contribution in [2.24, 2.45) is 5.92 Å². The molecule has 0 aromatic heterocycles. The van der Waals surface area contributed by atoms with Crippen molar-refractivity contribution in [1.29, 1.82) is 0 Å². The van der Waals surface area contributed by atoms with Gasteiger partial charge in [-0.15, -0.1) is 0 Å². The number of carbonyl (C=O) groups is 2. The molecule has 0 unspecified atom stereocenters. The molecule has 0 radical (unpaired) electrons. The molecule has 0 bridgehead atoms. The van der Waals surface area contributed by atoms with Crippen molar-refractivity contribution in [3.05, 3.63) is 35.9 Å². The number of likely N-dealkylation sites (tertiary alicyclic amines) is 1. The molecule has 1 saturated carbocycles. The Morgan fingerprint density at radius 2 is 2.08 bits per heavy atom. The van der Waals surface area contributed by atoms with Crippen LogP contribution in [0, 0.1) is 5.92 Å². The quantitative estimate of drug-likeness (QED) is 0.881. The molecular formula is C21H31N3O2. The molecule has 2 amide bonds. The first kappa shape index (κ1) is 18.9. The third kappa shape index (κ3) is 4.64. The molecule has 3 rings (SSSR count). The van der Waals surface area contributed by atoms with Crippen molar-refractivity contribution in [3.63, 3.8) is 0 Å². The Labute approximate surface area is 156 Å². The minimum atomic E-state index is -0.0316. The third-order valence-electron chi connectivity index (χ3n) is 5.71. The Bertz CT molecular complexity index is 619. The number of piperidine rings is 1. The maximum Gasteiger partial charge on any atom is 0.317 e. The van der Waals surface area contributed by atoms with Crippen LogP contribution in [0.5, 0.6) is 0 Å². The summed E-state index contributed by atoms with van der Waals surface area (Å²) < 4.78 is 0. The number of nitrogens with one attached hydrogen (secondary N) is 1. The van der Waals surface area contributed by atoms with E-state index >= 15 is 0 Å². The summed E-state index contributed by atoms with van der Waals surface area (Å²) in [6.45, 7) is 4.73. The minimum Gasteiger partial charge on any atom is -0.334 e. The standard InChI is InChI=1S/C21H31N3O2/c1-3-11-24-15-18(12-17-13-19(25)9-10-20(17)24)22-21(26)23(2)14-16-7-5-4-6-8-16/h4-8,17-18,20H,3,9-15H2,1-2H3,(H,22,26)/t17-,18+,20-/m1/s1. The maximum absolute atomic E-state index is 12.6. The lowest BCUT2D eigenvalue weighted by atomic mass is 9.76. The van der Waals surface area contributed by atoms with E-state index in [1.54, 1.807) is 4.90 Å². The van der Waals surface area contributed by atoms with E-state index < -0.39 is 0 Å². The van der Waals surface area contributed by atoms with E-state index in [0.29, 0.717) is 30.7 Å². The zero-order valence-electron chi connectivity index (χ0n) is 16.0. The second kappa shape index (κ2) is 8.67. The highest BCUT2D eigenvalue weighted by Gasteiger charge is 2.39. The summed E-state index contributed by atoms with van der Waals surface area (Å²) in [4.78, 5) is 28.8. The number of rotatable bonds is 5. The molecule has 3 atom stereocenters. The van der Waals surface area contributed by atoms with Crippen LogP contribution in [-0.2, 0) is 11.3 Å². The van der Waals surface area contributed by atoms with E-state index in [2.05, 4.69) is 17.1 Å². The lowest BCUT2D eigenvalue weighted by Crippen LogP contribution is -2.58. The first-order valence-electron chi connectivity index (χ1n) is 9.88. The van der Waals surface area contributed by atoms with Gasteiger partial charge >= 0.3 is 6.03 Å². The molecule has 5 heteroatoms. The highest BCUT2D eigenvalue weighted by atomic mass is 16.2. The van der Waals surface area contributed by atoms with E-state index in [1.807, 2.05) is 37.4 Å². The van der Waals surface area contributed by atoms with Gasteiger partial charge in [0.15, 0.2) is 0 Å². The molecular weight excluding hydrogens is 326 g/mol. The Kier molecular flexibility index (Phi) is 6.30. The average molecular weight is 357 g/mol. The largest absolute Gasteiger partial charge is 0.334 e. The van der Waals surface area contributed by atoms with Crippen LogP contribution in [0.25, 0.3) is 0 Å². The van der Waals surface area contributed by atoms with Gasteiger partial charge in [-0.3, -0.25) is 9.69 Å². The fraction of sp³-hybridized carbons (Fsp3) is 0.619. The molecule has 142 valence electrons. The molecule has 1 N–H and O–H groups in total. The predicted molar refractivity (Wildman–Crippen MR) is 103 cm³/mol. The summed E-state index contributed by atoms with van der Waals surface area (Å²) in [5, 5.41) is 3.21. The molecule has 1 aliphatic carbocycles. The highest BCUT2D eigenvalue weighted by molar-refractivity contribution is 5.79. The molecule has 2 fully saturated rings. The number of benzene rings is 1.